The van der Waals surface area contributed by atoms with Crippen molar-refractivity contribution in [2.24, 2.45) is 10.9 Å². The molecule has 1 atom stereocenters. The molecule has 1 aliphatic heterocycles. The first-order chi connectivity index (χ1) is 15.3. The van der Waals surface area contributed by atoms with Crippen LogP contribution >= 0.6 is 11.3 Å². The van der Waals surface area contributed by atoms with E-state index in [2.05, 4.69) is 11.6 Å². The van der Waals surface area contributed by atoms with Gasteiger partial charge in [-0.2, -0.15) is 9.30 Å². The minimum Gasteiger partial charge on any atom is -0.310 e. The van der Waals surface area contributed by atoms with Gasteiger partial charge in [-0.05, 0) is 44.0 Å². The molecule has 168 valence electrons. The standard InChI is InChI=1S/C23H24FN3O3S2/c1-3-13-27-21-19(24)7-4-8-20(21)31-23(27)25-22(28)17-6-5-14-26(15-17)32(29,30)18-11-9-16(2)10-12-18/h3-4,7-12,17H,1,5-6,13-15H2,2H3. The van der Waals surface area contributed by atoms with Crippen molar-refractivity contribution in [1.29, 1.82) is 0 Å². The summed E-state index contributed by atoms with van der Waals surface area (Å²) >= 11 is 1.23. The van der Waals surface area contributed by atoms with E-state index in [0.29, 0.717) is 40.9 Å². The molecule has 0 bridgehead atoms. The molecule has 1 saturated heterocycles. The Morgan fingerprint density at radius 2 is 2.03 bits per heavy atom. The molecule has 3 aromatic rings. The highest BCUT2D eigenvalue weighted by Gasteiger charge is 2.33. The second-order valence-electron chi connectivity index (χ2n) is 7.84. The number of hydrogen-bond acceptors (Lipinski definition) is 4. The number of amides is 1. The fraction of sp³-hybridized carbons (Fsp3) is 0.304. The van der Waals surface area contributed by atoms with Gasteiger partial charge in [0.2, 0.25) is 10.0 Å². The minimum atomic E-state index is -3.69. The largest absolute Gasteiger partial charge is 0.310 e. The fourth-order valence-electron chi connectivity index (χ4n) is 3.88. The van der Waals surface area contributed by atoms with Crippen LogP contribution in [0.4, 0.5) is 4.39 Å². The van der Waals surface area contributed by atoms with E-state index in [0.717, 1.165) is 5.56 Å². The molecule has 1 amide bonds. The number of aryl methyl sites for hydroxylation is 1. The summed E-state index contributed by atoms with van der Waals surface area (Å²) < 4.78 is 44.2. The molecule has 2 aromatic carbocycles. The van der Waals surface area contributed by atoms with Crippen LogP contribution in [-0.2, 0) is 21.4 Å². The van der Waals surface area contributed by atoms with Gasteiger partial charge in [-0.1, -0.05) is 41.2 Å². The van der Waals surface area contributed by atoms with E-state index in [4.69, 9.17) is 0 Å². The third kappa shape index (κ3) is 4.32. The van der Waals surface area contributed by atoms with Crippen LogP contribution in [0, 0.1) is 18.7 Å². The third-order valence-electron chi connectivity index (χ3n) is 5.56. The SMILES string of the molecule is C=CCn1c(=NC(=O)C2CCCN(S(=O)(=O)c3ccc(C)cc3)C2)sc2cccc(F)c21. The fourth-order valence-corrected chi connectivity index (χ4v) is 6.46. The lowest BCUT2D eigenvalue weighted by Gasteiger charge is -2.30. The number of hydrogen-bond donors (Lipinski definition) is 0. The number of carbonyl (C=O) groups is 1. The number of aromatic nitrogens is 1. The first-order valence-electron chi connectivity index (χ1n) is 10.4. The van der Waals surface area contributed by atoms with Crippen molar-refractivity contribution >= 4 is 37.5 Å². The number of sulfonamides is 1. The number of fused-ring (bicyclic) bond motifs is 1. The van der Waals surface area contributed by atoms with Gasteiger partial charge in [0.1, 0.15) is 5.82 Å². The van der Waals surface area contributed by atoms with Crippen LogP contribution in [0.3, 0.4) is 0 Å². The topological polar surface area (TPSA) is 71.7 Å². The highest BCUT2D eigenvalue weighted by molar-refractivity contribution is 7.89. The van der Waals surface area contributed by atoms with E-state index in [-0.39, 0.29) is 17.3 Å². The van der Waals surface area contributed by atoms with Gasteiger partial charge >= 0.3 is 0 Å². The number of nitrogens with zero attached hydrogens (tertiary/aromatic N) is 3. The van der Waals surface area contributed by atoms with E-state index in [1.165, 1.54) is 21.7 Å². The number of carbonyl (C=O) groups excluding carboxylic acids is 1. The Morgan fingerprint density at radius 1 is 1.28 bits per heavy atom. The van der Waals surface area contributed by atoms with Gasteiger partial charge in [-0.3, -0.25) is 4.79 Å². The van der Waals surface area contributed by atoms with Gasteiger partial charge in [-0.25, -0.2) is 12.8 Å². The first-order valence-corrected chi connectivity index (χ1v) is 12.6. The number of para-hydroxylation sites is 1. The monoisotopic (exact) mass is 473 g/mol. The van der Waals surface area contributed by atoms with Crippen molar-refractivity contribution in [3.63, 3.8) is 0 Å². The van der Waals surface area contributed by atoms with Crippen molar-refractivity contribution in [3.8, 4) is 0 Å². The quantitative estimate of drug-likeness (QED) is 0.528. The zero-order chi connectivity index (χ0) is 22.9. The third-order valence-corrected chi connectivity index (χ3v) is 8.48. The molecule has 1 aromatic heterocycles. The molecule has 1 aliphatic rings. The Hall–Kier alpha value is -2.62. The molecule has 9 heteroatoms. The molecular formula is C23H24FN3O3S2. The van der Waals surface area contributed by atoms with E-state index in [1.54, 1.807) is 47.0 Å². The Labute approximate surface area is 190 Å². The molecular weight excluding hydrogens is 449 g/mol. The van der Waals surface area contributed by atoms with E-state index < -0.39 is 21.8 Å². The van der Waals surface area contributed by atoms with E-state index in [1.807, 2.05) is 6.92 Å². The lowest BCUT2D eigenvalue weighted by atomic mass is 9.99. The summed E-state index contributed by atoms with van der Waals surface area (Å²) in [5.74, 6) is -1.32. The summed E-state index contributed by atoms with van der Waals surface area (Å²) in [6, 6.07) is 11.5. The highest BCUT2D eigenvalue weighted by atomic mass is 32.2. The Morgan fingerprint density at radius 3 is 2.75 bits per heavy atom. The van der Waals surface area contributed by atoms with Gasteiger partial charge in [0, 0.05) is 19.6 Å². The summed E-state index contributed by atoms with van der Waals surface area (Å²) in [7, 11) is -3.69. The minimum absolute atomic E-state index is 0.0826. The van der Waals surface area contributed by atoms with Gasteiger partial charge in [0.25, 0.3) is 5.91 Å². The molecule has 1 fully saturated rings. The number of rotatable bonds is 5. The van der Waals surface area contributed by atoms with Gasteiger partial charge in [-0.15, -0.1) is 6.58 Å². The van der Waals surface area contributed by atoms with E-state index >= 15 is 0 Å². The maximum absolute atomic E-state index is 14.4. The van der Waals surface area contributed by atoms with Crippen molar-refractivity contribution in [2.45, 2.75) is 31.2 Å². The zero-order valence-electron chi connectivity index (χ0n) is 17.7. The second kappa shape index (κ2) is 9.09. The number of halogens is 1. The molecule has 1 unspecified atom stereocenters. The lowest BCUT2D eigenvalue weighted by molar-refractivity contribution is -0.122. The summed E-state index contributed by atoms with van der Waals surface area (Å²) in [6.45, 7) is 6.37. The van der Waals surface area contributed by atoms with Gasteiger partial charge < -0.3 is 4.57 Å². The Balaban J connectivity index is 1.64. The number of benzene rings is 2. The van der Waals surface area contributed by atoms with Crippen LogP contribution in [-0.4, -0.2) is 36.3 Å². The summed E-state index contributed by atoms with van der Waals surface area (Å²) in [5, 5.41) is 0. The number of piperidine rings is 1. The summed E-state index contributed by atoms with van der Waals surface area (Å²) in [4.78, 5) is 17.9. The average Bonchev–Trinajstić information content (AvgIpc) is 3.12. The number of allylic oxidation sites excluding steroid dienone is 1. The Bertz CT molecular complexity index is 1340. The molecule has 6 nitrogen and oxygen atoms in total. The molecule has 32 heavy (non-hydrogen) atoms. The highest BCUT2D eigenvalue weighted by Crippen LogP contribution is 2.25. The van der Waals surface area contributed by atoms with Crippen LogP contribution in [0.2, 0.25) is 0 Å². The van der Waals surface area contributed by atoms with Crippen LogP contribution < -0.4 is 4.80 Å². The number of thiazole rings is 1. The maximum Gasteiger partial charge on any atom is 0.252 e. The Kier molecular flexibility index (Phi) is 6.41. The molecule has 0 aliphatic carbocycles. The predicted octanol–water partition coefficient (Wildman–Crippen LogP) is 3.86. The van der Waals surface area contributed by atoms with Crippen molar-refractivity contribution in [2.75, 3.05) is 13.1 Å². The van der Waals surface area contributed by atoms with Crippen LogP contribution in [0.1, 0.15) is 18.4 Å². The molecule has 2 heterocycles. The maximum atomic E-state index is 14.4. The second-order valence-corrected chi connectivity index (χ2v) is 10.8. The van der Waals surface area contributed by atoms with Gasteiger partial charge in [0.15, 0.2) is 4.80 Å². The van der Waals surface area contributed by atoms with Gasteiger partial charge in [0.05, 0.1) is 21.0 Å². The van der Waals surface area contributed by atoms with Crippen molar-refractivity contribution < 1.29 is 17.6 Å². The average molecular weight is 474 g/mol. The lowest BCUT2D eigenvalue weighted by Crippen LogP contribution is -2.42. The molecule has 0 radical (unpaired) electrons. The molecule has 0 saturated carbocycles. The van der Waals surface area contributed by atoms with Crippen LogP contribution in [0.5, 0.6) is 0 Å². The van der Waals surface area contributed by atoms with Crippen LogP contribution in [0.25, 0.3) is 10.2 Å². The zero-order valence-corrected chi connectivity index (χ0v) is 19.3. The van der Waals surface area contributed by atoms with Crippen LogP contribution in [0.15, 0.2) is 65.0 Å². The summed E-state index contributed by atoms with van der Waals surface area (Å²) in [6.07, 6.45) is 2.76. The smallest absolute Gasteiger partial charge is 0.252 e. The molecule has 0 spiro atoms. The predicted molar refractivity (Wildman–Crippen MR) is 123 cm³/mol. The molecule has 4 rings (SSSR count). The van der Waals surface area contributed by atoms with E-state index in [9.17, 15) is 17.6 Å². The first kappa shape index (κ1) is 22.6. The van der Waals surface area contributed by atoms with Crippen molar-refractivity contribution in [3.05, 3.63) is 71.3 Å². The van der Waals surface area contributed by atoms with Crippen molar-refractivity contribution in [1.82, 2.24) is 8.87 Å². The summed E-state index contributed by atoms with van der Waals surface area (Å²) in [5.41, 5.74) is 1.36. The molecule has 0 N–H and O–H groups in total. The normalized spacial score (nSPS) is 18.2.